The molecular formula is C20H17ClN2O4. The molecule has 1 heterocycles. The second-order valence-electron chi connectivity index (χ2n) is 6.09. The molecule has 0 radical (unpaired) electrons. The monoisotopic (exact) mass is 384 g/mol. The van der Waals surface area contributed by atoms with Gasteiger partial charge in [-0.3, -0.25) is 9.59 Å². The van der Waals surface area contributed by atoms with Crippen LogP contribution in [-0.2, 0) is 14.3 Å². The molecule has 1 N–H and O–H groups in total. The van der Waals surface area contributed by atoms with Crippen molar-refractivity contribution >= 4 is 40.8 Å². The van der Waals surface area contributed by atoms with Crippen LogP contribution in [0.3, 0.4) is 0 Å². The van der Waals surface area contributed by atoms with Crippen LogP contribution in [0.2, 0.25) is 0 Å². The highest BCUT2D eigenvalue weighted by atomic mass is 35.5. The van der Waals surface area contributed by atoms with Gasteiger partial charge in [-0.25, -0.2) is 9.69 Å². The molecular weight excluding hydrogens is 368 g/mol. The van der Waals surface area contributed by atoms with E-state index in [-0.39, 0.29) is 22.0 Å². The van der Waals surface area contributed by atoms with E-state index in [0.717, 1.165) is 16.0 Å². The normalized spacial score (nSPS) is 14.0. The van der Waals surface area contributed by atoms with Crippen molar-refractivity contribution in [1.82, 2.24) is 0 Å². The van der Waals surface area contributed by atoms with Crippen LogP contribution in [0.1, 0.15) is 21.5 Å². The number of methoxy groups -OCH3 is 1. The third-order valence-corrected chi connectivity index (χ3v) is 4.57. The summed E-state index contributed by atoms with van der Waals surface area (Å²) in [5.74, 6) is -2.00. The van der Waals surface area contributed by atoms with Crippen molar-refractivity contribution in [3.8, 4) is 0 Å². The maximum atomic E-state index is 12.9. The smallest absolute Gasteiger partial charge is 0.339 e. The van der Waals surface area contributed by atoms with E-state index in [1.165, 1.54) is 19.2 Å². The fraction of sp³-hybridized carbons (Fsp3) is 0.150. The topological polar surface area (TPSA) is 75.7 Å². The highest BCUT2D eigenvalue weighted by Crippen LogP contribution is 2.33. The number of para-hydroxylation sites is 1. The first-order chi connectivity index (χ1) is 12.8. The third kappa shape index (κ3) is 3.31. The molecule has 2 amide bonds. The second-order valence-corrected chi connectivity index (χ2v) is 6.46. The van der Waals surface area contributed by atoms with Gasteiger partial charge in [0, 0.05) is 5.69 Å². The van der Waals surface area contributed by atoms with Gasteiger partial charge >= 0.3 is 5.97 Å². The highest BCUT2D eigenvalue weighted by molar-refractivity contribution is 6.53. The largest absolute Gasteiger partial charge is 0.465 e. The fourth-order valence-electron chi connectivity index (χ4n) is 2.87. The van der Waals surface area contributed by atoms with Crippen molar-refractivity contribution in [2.75, 3.05) is 17.3 Å². The maximum Gasteiger partial charge on any atom is 0.339 e. The summed E-state index contributed by atoms with van der Waals surface area (Å²) in [7, 11) is 1.23. The molecule has 2 aromatic rings. The first-order valence-electron chi connectivity index (χ1n) is 8.15. The predicted octanol–water partition coefficient (Wildman–Crippen LogP) is 3.53. The predicted molar refractivity (Wildman–Crippen MR) is 103 cm³/mol. The van der Waals surface area contributed by atoms with E-state index in [4.69, 9.17) is 16.3 Å². The zero-order valence-electron chi connectivity index (χ0n) is 15.0. The number of imide groups is 1. The Kier molecular flexibility index (Phi) is 5.01. The number of benzene rings is 2. The number of esters is 1. The summed E-state index contributed by atoms with van der Waals surface area (Å²) in [5.41, 5.74) is 2.82. The van der Waals surface area contributed by atoms with Crippen LogP contribution in [0.25, 0.3) is 0 Å². The number of aryl methyl sites for hydroxylation is 2. The molecule has 7 heteroatoms. The van der Waals surface area contributed by atoms with Gasteiger partial charge < -0.3 is 10.1 Å². The SMILES string of the molecule is COC(=O)c1ccccc1N1C(=O)C(Cl)=C(Nc2ccc(C)cc2C)C1=O. The lowest BCUT2D eigenvalue weighted by Gasteiger charge is -2.18. The summed E-state index contributed by atoms with van der Waals surface area (Å²) < 4.78 is 4.73. The van der Waals surface area contributed by atoms with Crippen LogP contribution < -0.4 is 10.2 Å². The molecule has 0 fully saturated rings. The number of rotatable bonds is 4. The van der Waals surface area contributed by atoms with Crippen molar-refractivity contribution in [3.63, 3.8) is 0 Å². The summed E-state index contributed by atoms with van der Waals surface area (Å²) in [6.07, 6.45) is 0. The average molecular weight is 385 g/mol. The molecule has 1 aliphatic heterocycles. The Morgan fingerprint density at radius 3 is 2.44 bits per heavy atom. The molecule has 0 saturated heterocycles. The first-order valence-corrected chi connectivity index (χ1v) is 8.53. The Morgan fingerprint density at radius 1 is 1.07 bits per heavy atom. The number of ether oxygens (including phenoxy) is 1. The van der Waals surface area contributed by atoms with Gasteiger partial charge in [-0.2, -0.15) is 0 Å². The van der Waals surface area contributed by atoms with Gasteiger partial charge in [0.25, 0.3) is 11.8 Å². The van der Waals surface area contributed by atoms with Crippen LogP contribution in [0, 0.1) is 13.8 Å². The van der Waals surface area contributed by atoms with Crippen molar-refractivity contribution in [2.45, 2.75) is 13.8 Å². The van der Waals surface area contributed by atoms with Crippen LogP contribution in [0.15, 0.2) is 53.2 Å². The summed E-state index contributed by atoms with van der Waals surface area (Å²) >= 11 is 6.16. The number of hydrogen-bond acceptors (Lipinski definition) is 5. The summed E-state index contributed by atoms with van der Waals surface area (Å²) in [6.45, 7) is 3.84. The van der Waals surface area contributed by atoms with E-state index < -0.39 is 17.8 Å². The van der Waals surface area contributed by atoms with E-state index in [9.17, 15) is 14.4 Å². The molecule has 0 atom stereocenters. The molecule has 0 aliphatic carbocycles. The van der Waals surface area contributed by atoms with Crippen LogP contribution in [-0.4, -0.2) is 24.9 Å². The quantitative estimate of drug-likeness (QED) is 0.644. The van der Waals surface area contributed by atoms with Gasteiger partial charge in [0.1, 0.15) is 10.7 Å². The van der Waals surface area contributed by atoms with E-state index in [1.807, 2.05) is 32.0 Å². The van der Waals surface area contributed by atoms with Crippen LogP contribution in [0.4, 0.5) is 11.4 Å². The minimum absolute atomic E-state index is 0.0340. The van der Waals surface area contributed by atoms with Crippen molar-refractivity contribution in [3.05, 3.63) is 69.9 Å². The van der Waals surface area contributed by atoms with Crippen LogP contribution in [0.5, 0.6) is 0 Å². The number of anilines is 2. The van der Waals surface area contributed by atoms with Gasteiger partial charge in [-0.1, -0.05) is 41.4 Å². The summed E-state index contributed by atoms with van der Waals surface area (Å²) in [4.78, 5) is 38.4. The van der Waals surface area contributed by atoms with Crippen molar-refractivity contribution < 1.29 is 19.1 Å². The zero-order chi connectivity index (χ0) is 19.7. The molecule has 138 valence electrons. The molecule has 0 unspecified atom stereocenters. The molecule has 0 aromatic heterocycles. The Bertz CT molecular complexity index is 997. The Labute approximate surface area is 161 Å². The molecule has 6 nitrogen and oxygen atoms in total. The van der Waals surface area contributed by atoms with Crippen molar-refractivity contribution in [1.29, 1.82) is 0 Å². The van der Waals surface area contributed by atoms with E-state index >= 15 is 0 Å². The Hall–Kier alpha value is -3.12. The Balaban J connectivity index is 1.99. The molecule has 2 aromatic carbocycles. The van der Waals surface area contributed by atoms with Crippen molar-refractivity contribution in [2.24, 2.45) is 0 Å². The van der Waals surface area contributed by atoms with Gasteiger partial charge in [0.15, 0.2) is 0 Å². The standard InChI is InChI=1S/C20H17ClN2O4/c1-11-8-9-14(12(2)10-11)22-17-16(21)18(24)23(19(17)25)15-7-5-4-6-13(15)20(26)27-3/h4-10,22H,1-3H3. The average Bonchev–Trinajstić information content (AvgIpc) is 2.86. The number of hydrogen-bond donors (Lipinski definition) is 1. The molecule has 1 aliphatic rings. The number of carbonyl (C=O) groups excluding carboxylic acids is 3. The van der Waals surface area contributed by atoms with E-state index in [0.29, 0.717) is 5.69 Å². The zero-order valence-corrected chi connectivity index (χ0v) is 15.8. The number of halogens is 1. The third-order valence-electron chi connectivity index (χ3n) is 4.22. The lowest BCUT2D eigenvalue weighted by Crippen LogP contribution is -2.33. The number of carbonyl (C=O) groups is 3. The fourth-order valence-corrected chi connectivity index (χ4v) is 3.08. The summed E-state index contributed by atoms with van der Waals surface area (Å²) in [6, 6.07) is 11.8. The van der Waals surface area contributed by atoms with Gasteiger partial charge in [0.2, 0.25) is 0 Å². The number of nitrogens with zero attached hydrogens (tertiary/aromatic N) is 1. The Morgan fingerprint density at radius 2 is 1.78 bits per heavy atom. The lowest BCUT2D eigenvalue weighted by atomic mass is 10.1. The molecule has 0 saturated carbocycles. The molecule has 0 spiro atoms. The molecule has 3 rings (SSSR count). The van der Waals surface area contributed by atoms with Gasteiger partial charge in [-0.05, 0) is 37.6 Å². The maximum absolute atomic E-state index is 12.9. The van der Waals surface area contributed by atoms with Gasteiger partial charge in [-0.15, -0.1) is 0 Å². The first kappa shape index (κ1) is 18.7. The van der Waals surface area contributed by atoms with E-state index in [2.05, 4.69) is 5.32 Å². The highest BCUT2D eigenvalue weighted by Gasteiger charge is 2.40. The number of nitrogens with one attached hydrogen (secondary N) is 1. The van der Waals surface area contributed by atoms with E-state index in [1.54, 1.807) is 12.1 Å². The minimum Gasteiger partial charge on any atom is -0.465 e. The van der Waals surface area contributed by atoms with Crippen LogP contribution >= 0.6 is 11.6 Å². The second kappa shape index (κ2) is 7.25. The number of amides is 2. The molecule has 27 heavy (non-hydrogen) atoms. The minimum atomic E-state index is -0.703. The van der Waals surface area contributed by atoms with Gasteiger partial charge in [0.05, 0.1) is 18.4 Å². The molecule has 0 bridgehead atoms. The summed E-state index contributed by atoms with van der Waals surface area (Å²) in [5, 5.41) is 2.71. The lowest BCUT2D eigenvalue weighted by molar-refractivity contribution is -0.120.